The summed E-state index contributed by atoms with van der Waals surface area (Å²) in [6.45, 7) is 0. The lowest BCUT2D eigenvalue weighted by atomic mass is 9.67. The average molecular weight is 750 g/mol. The molecule has 3 heteroatoms. The summed E-state index contributed by atoms with van der Waals surface area (Å²) in [6.07, 6.45) is 0. The third kappa shape index (κ3) is 5.42. The highest BCUT2D eigenvalue weighted by atomic mass is 14.9. The summed E-state index contributed by atoms with van der Waals surface area (Å²) in [5.41, 5.74) is 13.7. The van der Waals surface area contributed by atoms with E-state index in [0.717, 1.165) is 72.1 Å². The molecule has 3 nitrogen and oxygen atoms in total. The van der Waals surface area contributed by atoms with E-state index in [1.165, 1.54) is 22.1 Å². The number of rotatable bonds is 6. The van der Waals surface area contributed by atoms with Crippen LogP contribution in [0, 0.1) is 11.3 Å². The van der Waals surface area contributed by atoms with Gasteiger partial charge >= 0.3 is 0 Å². The Labute approximate surface area is 343 Å². The predicted octanol–water partition coefficient (Wildman–Crippen LogP) is 13.7. The number of benzene rings is 9. The molecule has 0 radical (unpaired) electrons. The van der Waals surface area contributed by atoms with Crippen molar-refractivity contribution in [2.45, 2.75) is 5.41 Å². The van der Waals surface area contributed by atoms with Crippen LogP contribution in [-0.2, 0) is 5.41 Å². The van der Waals surface area contributed by atoms with Crippen molar-refractivity contribution in [3.05, 3.63) is 240 Å². The molecule has 0 saturated carbocycles. The molecular weight excluding hydrogens is 715 g/mol. The number of aromatic nitrogens is 2. The molecule has 274 valence electrons. The first kappa shape index (κ1) is 34.3. The van der Waals surface area contributed by atoms with E-state index in [2.05, 4.69) is 206 Å². The topological polar surface area (TPSA) is 49.6 Å². The van der Waals surface area contributed by atoms with Gasteiger partial charge in [0, 0.05) is 22.3 Å². The maximum Gasteiger partial charge on any atom is 0.161 e. The van der Waals surface area contributed by atoms with Crippen molar-refractivity contribution in [1.82, 2.24) is 9.97 Å². The second-order valence-electron chi connectivity index (χ2n) is 15.1. The van der Waals surface area contributed by atoms with Crippen LogP contribution in [0.15, 0.2) is 212 Å². The molecule has 9 aromatic carbocycles. The van der Waals surface area contributed by atoms with Gasteiger partial charge in [0.05, 0.1) is 28.4 Å². The molecule has 11 rings (SSSR count). The molecule has 0 bridgehead atoms. The van der Waals surface area contributed by atoms with Gasteiger partial charge < -0.3 is 0 Å². The Balaban J connectivity index is 1.10. The highest BCUT2D eigenvalue weighted by Gasteiger charge is 2.47. The molecule has 0 unspecified atom stereocenters. The molecule has 1 aromatic heterocycles. The Kier molecular flexibility index (Phi) is 8.10. The minimum atomic E-state index is -0.604. The van der Waals surface area contributed by atoms with E-state index >= 15 is 0 Å². The van der Waals surface area contributed by atoms with Crippen molar-refractivity contribution in [2.24, 2.45) is 0 Å². The van der Waals surface area contributed by atoms with Gasteiger partial charge in [-0.15, -0.1) is 0 Å². The summed E-state index contributed by atoms with van der Waals surface area (Å²) >= 11 is 0. The van der Waals surface area contributed by atoms with E-state index in [0.29, 0.717) is 11.4 Å². The fraction of sp³-hybridized carbons (Fsp3) is 0.0179. The van der Waals surface area contributed by atoms with Crippen LogP contribution >= 0.6 is 0 Å². The molecule has 10 aromatic rings. The van der Waals surface area contributed by atoms with E-state index < -0.39 is 5.41 Å². The first-order valence-corrected chi connectivity index (χ1v) is 20.0. The fourth-order valence-electron chi connectivity index (χ4n) is 9.46. The SMILES string of the molecule is N#Cc1cccc2c1-c1c(-c3ccc(-c4cc(-c5cccc6ccccc56)nc(-c5cccc6ccccc56)n4)cc3)cccc1C2(c1ccccc1)c1ccccc1. The molecule has 1 heterocycles. The minimum Gasteiger partial charge on any atom is -0.228 e. The van der Waals surface area contributed by atoms with Crippen molar-refractivity contribution < 1.29 is 0 Å². The largest absolute Gasteiger partial charge is 0.228 e. The quantitative estimate of drug-likeness (QED) is 0.170. The molecule has 0 aliphatic heterocycles. The second kappa shape index (κ2) is 13.9. The zero-order valence-corrected chi connectivity index (χ0v) is 32.0. The van der Waals surface area contributed by atoms with Crippen LogP contribution in [0.5, 0.6) is 0 Å². The molecule has 1 aliphatic rings. The van der Waals surface area contributed by atoms with Crippen molar-refractivity contribution in [1.29, 1.82) is 5.26 Å². The average Bonchev–Trinajstić information content (AvgIpc) is 3.63. The van der Waals surface area contributed by atoms with Crippen LogP contribution in [0.3, 0.4) is 0 Å². The third-order valence-electron chi connectivity index (χ3n) is 12.0. The molecular formula is C56H35N3. The molecule has 0 atom stereocenters. The zero-order chi connectivity index (χ0) is 39.3. The van der Waals surface area contributed by atoms with E-state index in [9.17, 15) is 5.26 Å². The summed E-state index contributed by atoms with van der Waals surface area (Å²) in [6, 6.07) is 77.3. The van der Waals surface area contributed by atoms with Crippen LogP contribution in [-0.4, -0.2) is 9.97 Å². The van der Waals surface area contributed by atoms with Crippen LogP contribution in [0.1, 0.15) is 27.8 Å². The molecule has 0 saturated heterocycles. The molecule has 0 spiro atoms. The van der Waals surface area contributed by atoms with Crippen molar-refractivity contribution in [3.8, 4) is 62.2 Å². The monoisotopic (exact) mass is 749 g/mol. The summed E-state index contributed by atoms with van der Waals surface area (Å²) in [5, 5.41) is 15.2. The van der Waals surface area contributed by atoms with E-state index in [1.807, 2.05) is 12.1 Å². The Morgan fingerprint density at radius 2 is 0.881 bits per heavy atom. The lowest BCUT2D eigenvalue weighted by Crippen LogP contribution is -2.28. The Hall–Kier alpha value is -7.93. The predicted molar refractivity (Wildman–Crippen MR) is 241 cm³/mol. The van der Waals surface area contributed by atoms with Crippen LogP contribution < -0.4 is 0 Å². The molecule has 59 heavy (non-hydrogen) atoms. The zero-order valence-electron chi connectivity index (χ0n) is 32.0. The van der Waals surface area contributed by atoms with Gasteiger partial charge in [-0.25, -0.2) is 9.97 Å². The minimum absolute atomic E-state index is 0.604. The highest BCUT2D eigenvalue weighted by Crippen LogP contribution is 2.59. The smallest absolute Gasteiger partial charge is 0.161 e. The summed E-state index contributed by atoms with van der Waals surface area (Å²) in [4.78, 5) is 10.5. The third-order valence-corrected chi connectivity index (χ3v) is 12.0. The van der Waals surface area contributed by atoms with Crippen molar-refractivity contribution in [2.75, 3.05) is 0 Å². The maximum absolute atomic E-state index is 10.6. The summed E-state index contributed by atoms with van der Waals surface area (Å²) in [5.74, 6) is 0.686. The van der Waals surface area contributed by atoms with Gasteiger partial charge in [-0.05, 0) is 72.6 Å². The van der Waals surface area contributed by atoms with E-state index in [4.69, 9.17) is 9.97 Å². The van der Waals surface area contributed by atoms with Gasteiger partial charge in [-0.1, -0.05) is 200 Å². The standard InChI is InChI=1S/C56H35N3/c57-36-41-19-13-29-49-53(41)54-46(26-14-30-50(54)56(49,42-20-3-1-4-21-42)43-22-5-2-6-23-43)39-31-33-40(34-32-39)51-35-52(47-27-11-17-37-15-7-9-24-44(37)47)59-55(58-51)48-28-12-18-38-16-8-10-25-45(38)48/h1-35H. The lowest BCUT2D eigenvalue weighted by molar-refractivity contribution is 0.768. The van der Waals surface area contributed by atoms with Gasteiger partial charge in [0.1, 0.15) is 0 Å². The maximum atomic E-state index is 10.6. The lowest BCUT2D eigenvalue weighted by Gasteiger charge is -2.34. The first-order chi connectivity index (χ1) is 29.2. The summed E-state index contributed by atoms with van der Waals surface area (Å²) in [7, 11) is 0. The number of hydrogen-bond acceptors (Lipinski definition) is 3. The number of nitrogens with zero attached hydrogens (tertiary/aromatic N) is 3. The Morgan fingerprint density at radius 3 is 1.54 bits per heavy atom. The van der Waals surface area contributed by atoms with Crippen LogP contribution in [0.25, 0.3) is 77.7 Å². The number of fused-ring (bicyclic) bond motifs is 5. The van der Waals surface area contributed by atoms with Crippen molar-refractivity contribution >= 4 is 21.5 Å². The van der Waals surface area contributed by atoms with Gasteiger partial charge in [0.15, 0.2) is 5.82 Å². The molecule has 0 N–H and O–H groups in total. The molecule has 0 amide bonds. The number of hydrogen-bond donors (Lipinski definition) is 0. The van der Waals surface area contributed by atoms with Crippen molar-refractivity contribution in [3.63, 3.8) is 0 Å². The fourth-order valence-corrected chi connectivity index (χ4v) is 9.46. The van der Waals surface area contributed by atoms with E-state index in [1.54, 1.807) is 0 Å². The molecule has 1 aliphatic carbocycles. The van der Waals surface area contributed by atoms with Gasteiger partial charge in [-0.2, -0.15) is 5.26 Å². The summed E-state index contributed by atoms with van der Waals surface area (Å²) < 4.78 is 0. The van der Waals surface area contributed by atoms with Crippen LogP contribution in [0.4, 0.5) is 0 Å². The Morgan fingerprint density at radius 1 is 0.390 bits per heavy atom. The highest BCUT2D eigenvalue weighted by molar-refractivity contribution is 6.00. The first-order valence-electron chi connectivity index (χ1n) is 20.0. The van der Waals surface area contributed by atoms with Gasteiger partial charge in [0.25, 0.3) is 0 Å². The van der Waals surface area contributed by atoms with Gasteiger partial charge in [-0.3, -0.25) is 0 Å². The number of nitriles is 1. The normalized spacial score (nSPS) is 12.5. The van der Waals surface area contributed by atoms with Gasteiger partial charge in [0.2, 0.25) is 0 Å². The van der Waals surface area contributed by atoms with Crippen LogP contribution in [0.2, 0.25) is 0 Å². The Bertz CT molecular complexity index is 3120. The van der Waals surface area contributed by atoms with E-state index in [-0.39, 0.29) is 0 Å². The molecule has 0 fully saturated rings. The second-order valence-corrected chi connectivity index (χ2v) is 15.1.